The maximum atomic E-state index is 6.53. The van der Waals surface area contributed by atoms with E-state index in [1.165, 1.54) is 0 Å². The molecule has 33 heavy (non-hydrogen) atoms. The molecular formula is C27H26O6. The second kappa shape index (κ2) is 9.35. The van der Waals surface area contributed by atoms with Crippen molar-refractivity contribution in [3.8, 4) is 0 Å². The number of ether oxygens (including phenoxy) is 6. The van der Waals surface area contributed by atoms with Crippen LogP contribution in [0, 0.1) is 0 Å². The molecule has 3 aromatic rings. The van der Waals surface area contributed by atoms with E-state index in [1.54, 1.807) is 0 Å². The van der Waals surface area contributed by atoms with Gasteiger partial charge in [0.25, 0.3) is 0 Å². The van der Waals surface area contributed by atoms with Gasteiger partial charge in [-0.05, 0) is 0 Å². The highest BCUT2D eigenvalue weighted by Gasteiger charge is 2.50. The first kappa shape index (κ1) is 21.0. The van der Waals surface area contributed by atoms with E-state index in [-0.39, 0.29) is 0 Å². The van der Waals surface area contributed by atoms with Crippen LogP contribution < -0.4 is 0 Å². The van der Waals surface area contributed by atoms with Gasteiger partial charge in [0.15, 0.2) is 18.9 Å². The van der Waals surface area contributed by atoms with E-state index in [0.717, 1.165) is 16.7 Å². The molecule has 0 saturated carbocycles. The Morgan fingerprint density at radius 2 is 0.788 bits per heavy atom. The third kappa shape index (κ3) is 4.34. The summed E-state index contributed by atoms with van der Waals surface area (Å²) in [6, 6.07) is 29.7. The van der Waals surface area contributed by atoms with Crippen LogP contribution in [0.2, 0.25) is 0 Å². The normalized spacial score (nSPS) is 34.0. The average Bonchev–Trinajstić information content (AvgIpc) is 3.24. The minimum atomic E-state index is -0.561. The fourth-order valence-corrected chi connectivity index (χ4v) is 4.59. The van der Waals surface area contributed by atoms with Gasteiger partial charge in [0, 0.05) is 16.7 Å². The molecule has 6 nitrogen and oxygen atoms in total. The first-order valence-electron chi connectivity index (χ1n) is 11.3. The minimum Gasteiger partial charge on any atom is -0.346 e. The topological polar surface area (TPSA) is 55.4 Å². The van der Waals surface area contributed by atoms with Gasteiger partial charge in [-0.25, -0.2) is 0 Å². The summed E-state index contributed by atoms with van der Waals surface area (Å²) in [5.41, 5.74) is 2.83. The summed E-state index contributed by atoms with van der Waals surface area (Å²) in [6.45, 7) is 0.614. The van der Waals surface area contributed by atoms with Crippen molar-refractivity contribution in [2.75, 3.05) is 13.2 Å². The van der Waals surface area contributed by atoms with Crippen molar-refractivity contribution in [2.24, 2.45) is 0 Å². The molecule has 0 N–H and O–H groups in total. The van der Waals surface area contributed by atoms with Gasteiger partial charge in [0.1, 0.15) is 24.4 Å². The maximum Gasteiger partial charge on any atom is 0.184 e. The molecule has 3 unspecified atom stereocenters. The van der Waals surface area contributed by atoms with Crippen molar-refractivity contribution in [3.63, 3.8) is 0 Å². The molecule has 3 aliphatic rings. The molecule has 7 atom stereocenters. The predicted molar refractivity (Wildman–Crippen MR) is 119 cm³/mol. The molecule has 4 bridgehead atoms. The zero-order valence-corrected chi connectivity index (χ0v) is 18.1. The van der Waals surface area contributed by atoms with Gasteiger partial charge < -0.3 is 28.4 Å². The summed E-state index contributed by atoms with van der Waals surface area (Å²) in [5, 5.41) is 0. The van der Waals surface area contributed by atoms with E-state index in [0.29, 0.717) is 13.2 Å². The van der Waals surface area contributed by atoms with Gasteiger partial charge in [0.05, 0.1) is 13.2 Å². The number of hydrogen-bond acceptors (Lipinski definition) is 6. The lowest BCUT2D eigenvalue weighted by Crippen LogP contribution is -2.45. The van der Waals surface area contributed by atoms with Gasteiger partial charge in [-0.3, -0.25) is 0 Å². The quantitative estimate of drug-likeness (QED) is 0.582. The summed E-state index contributed by atoms with van der Waals surface area (Å²) in [7, 11) is 0. The van der Waals surface area contributed by atoms with Crippen LogP contribution in [0.25, 0.3) is 0 Å². The molecule has 6 heteroatoms. The predicted octanol–water partition coefficient (Wildman–Crippen LogP) is 4.70. The molecule has 6 rings (SSSR count). The van der Waals surface area contributed by atoms with E-state index in [4.69, 9.17) is 28.4 Å². The number of hydrogen-bond donors (Lipinski definition) is 0. The second-order valence-electron chi connectivity index (χ2n) is 8.44. The summed E-state index contributed by atoms with van der Waals surface area (Å²) >= 11 is 0. The lowest BCUT2D eigenvalue weighted by atomic mass is 10.0. The zero-order chi connectivity index (χ0) is 22.0. The third-order valence-corrected chi connectivity index (χ3v) is 6.25. The largest absolute Gasteiger partial charge is 0.346 e. The van der Waals surface area contributed by atoms with Crippen LogP contribution in [0.1, 0.15) is 35.6 Å². The lowest BCUT2D eigenvalue weighted by molar-refractivity contribution is -0.262. The summed E-state index contributed by atoms with van der Waals surface area (Å²) in [4.78, 5) is 0. The van der Waals surface area contributed by atoms with Crippen molar-refractivity contribution in [1.82, 2.24) is 0 Å². The van der Waals surface area contributed by atoms with Gasteiger partial charge in [-0.2, -0.15) is 0 Å². The van der Waals surface area contributed by atoms with E-state index in [2.05, 4.69) is 0 Å². The first-order valence-corrected chi connectivity index (χ1v) is 11.3. The Hall–Kier alpha value is -2.58. The fourth-order valence-electron chi connectivity index (χ4n) is 4.59. The Morgan fingerprint density at radius 3 is 1.18 bits per heavy atom. The van der Waals surface area contributed by atoms with Crippen molar-refractivity contribution in [1.29, 1.82) is 0 Å². The lowest BCUT2D eigenvalue weighted by Gasteiger charge is -2.29. The van der Waals surface area contributed by atoms with E-state index in [1.807, 2.05) is 91.0 Å². The van der Waals surface area contributed by atoms with Crippen LogP contribution in [0.3, 0.4) is 0 Å². The Bertz CT molecular complexity index is 965. The van der Waals surface area contributed by atoms with Crippen LogP contribution in [0.5, 0.6) is 0 Å². The summed E-state index contributed by atoms with van der Waals surface area (Å²) in [5.74, 6) is 0. The number of rotatable bonds is 3. The van der Waals surface area contributed by atoms with Crippen LogP contribution in [0.4, 0.5) is 0 Å². The molecule has 0 aromatic heterocycles. The molecular weight excluding hydrogens is 420 g/mol. The van der Waals surface area contributed by atoms with Crippen molar-refractivity contribution >= 4 is 0 Å². The van der Waals surface area contributed by atoms with Gasteiger partial charge >= 0.3 is 0 Å². The molecule has 3 aromatic carbocycles. The maximum absolute atomic E-state index is 6.53. The fraction of sp³-hybridized carbons (Fsp3) is 0.333. The van der Waals surface area contributed by atoms with E-state index in [9.17, 15) is 0 Å². The van der Waals surface area contributed by atoms with Crippen molar-refractivity contribution in [3.05, 3.63) is 108 Å². The minimum absolute atomic E-state index is 0.307. The van der Waals surface area contributed by atoms with Crippen molar-refractivity contribution in [2.45, 2.75) is 43.3 Å². The molecule has 0 radical (unpaired) electrons. The van der Waals surface area contributed by atoms with Crippen LogP contribution in [-0.4, -0.2) is 37.6 Å². The molecule has 3 saturated heterocycles. The van der Waals surface area contributed by atoms with Gasteiger partial charge in [-0.1, -0.05) is 91.0 Å². The molecule has 0 amide bonds. The zero-order valence-electron chi connectivity index (χ0n) is 18.1. The summed E-state index contributed by atoms with van der Waals surface area (Å²) < 4.78 is 38.4. The monoisotopic (exact) mass is 446 g/mol. The van der Waals surface area contributed by atoms with Crippen LogP contribution in [-0.2, 0) is 28.4 Å². The van der Waals surface area contributed by atoms with Crippen LogP contribution in [0.15, 0.2) is 91.0 Å². The number of benzene rings is 3. The highest BCUT2D eigenvalue weighted by Crippen LogP contribution is 2.41. The van der Waals surface area contributed by atoms with Gasteiger partial charge in [0.2, 0.25) is 0 Å². The van der Waals surface area contributed by atoms with E-state index >= 15 is 0 Å². The Balaban J connectivity index is 1.35. The molecule has 3 aliphatic heterocycles. The Labute approximate surface area is 192 Å². The molecule has 0 aliphatic carbocycles. The SMILES string of the molecule is c1ccc(C2OC[C@H]3OC(c4ccccc4)O[C@H]4COC(c5ccccc5)O[C@@H]3[C@H]4O2)cc1. The van der Waals surface area contributed by atoms with Gasteiger partial charge in [-0.15, -0.1) is 0 Å². The summed E-state index contributed by atoms with van der Waals surface area (Å²) in [6.07, 6.45) is -3.28. The molecule has 3 heterocycles. The molecule has 3 fully saturated rings. The third-order valence-electron chi connectivity index (χ3n) is 6.25. The molecule has 0 spiro atoms. The van der Waals surface area contributed by atoms with E-state index < -0.39 is 43.3 Å². The molecule has 170 valence electrons. The highest BCUT2D eigenvalue weighted by atomic mass is 16.8. The van der Waals surface area contributed by atoms with Crippen LogP contribution >= 0.6 is 0 Å². The van der Waals surface area contributed by atoms with Crippen molar-refractivity contribution < 1.29 is 28.4 Å². The highest BCUT2D eigenvalue weighted by molar-refractivity contribution is 5.19. The standard InChI is InChI=1S/C27H26O6/c1-4-10-18(11-5-1)25-28-16-21-24-23(32-25)22(31-27(30-21)20-14-8-3-9-15-20)17-29-26(33-24)19-12-6-2-7-13-19/h1-15,21-27H,16-17H2/t21-,22+,23-,24-,25?,26?,27?/m0/s1. The first-order chi connectivity index (χ1) is 16.3. The Kier molecular flexibility index (Phi) is 5.94. The smallest absolute Gasteiger partial charge is 0.184 e. The Morgan fingerprint density at radius 1 is 0.424 bits per heavy atom. The average molecular weight is 446 g/mol. The second-order valence-corrected chi connectivity index (χ2v) is 8.44.